The van der Waals surface area contributed by atoms with E-state index in [4.69, 9.17) is 0 Å². The van der Waals surface area contributed by atoms with Crippen molar-refractivity contribution in [3.63, 3.8) is 0 Å². The largest absolute Gasteiger partial charge is 0.239 e. The van der Waals surface area contributed by atoms with Crippen LogP contribution in [0.3, 0.4) is 0 Å². The number of benzene rings is 2. The molecule has 1 aromatic heterocycles. The van der Waals surface area contributed by atoms with Crippen molar-refractivity contribution in [1.82, 2.24) is 5.10 Å². The molecule has 0 aliphatic carbocycles. The van der Waals surface area contributed by atoms with Gasteiger partial charge in [0.1, 0.15) is 6.20 Å². The van der Waals surface area contributed by atoms with Crippen molar-refractivity contribution < 1.29 is 4.68 Å². The van der Waals surface area contributed by atoms with Crippen LogP contribution in [-0.2, 0) is 7.05 Å². The Morgan fingerprint density at radius 3 is 2.30 bits per heavy atom. The van der Waals surface area contributed by atoms with Gasteiger partial charge in [0.05, 0.1) is 5.56 Å². The fraction of sp³-hybridized carbons (Fsp3) is 0.111. The van der Waals surface area contributed by atoms with E-state index < -0.39 is 0 Å². The Kier molecular flexibility index (Phi) is 3.30. The molecular weight excluding hydrogens is 244 g/mol. The van der Waals surface area contributed by atoms with Gasteiger partial charge in [0, 0.05) is 11.6 Å². The molecule has 0 aliphatic rings. The van der Waals surface area contributed by atoms with Crippen LogP contribution < -0.4 is 4.68 Å². The zero-order chi connectivity index (χ0) is 13.9. The Bertz CT molecular complexity index is 733. The zero-order valence-corrected chi connectivity index (χ0v) is 11.7. The molecule has 2 aromatic carbocycles. The van der Waals surface area contributed by atoms with E-state index in [1.165, 1.54) is 16.7 Å². The molecule has 1 heterocycles. The van der Waals surface area contributed by atoms with Gasteiger partial charge in [-0.2, -0.15) is 0 Å². The standard InChI is InChI=1S/C18H17N2/c1-14-8-6-7-11-17(14)18-12-16(13-19-20(18)2)15-9-4-3-5-10-15/h3-13H,1-2H3/q+1. The first-order valence-corrected chi connectivity index (χ1v) is 6.73. The lowest BCUT2D eigenvalue weighted by Crippen LogP contribution is -2.35. The summed E-state index contributed by atoms with van der Waals surface area (Å²) in [5, 5.41) is 4.49. The number of rotatable bonds is 2. The van der Waals surface area contributed by atoms with Crippen LogP contribution in [0, 0.1) is 6.92 Å². The lowest BCUT2D eigenvalue weighted by molar-refractivity contribution is -0.720. The minimum Gasteiger partial charge on any atom is -0.0864 e. The molecule has 0 saturated heterocycles. The Morgan fingerprint density at radius 1 is 0.850 bits per heavy atom. The molecule has 0 amide bonds. The minimum absolute atomic E-state index is 1.13. The SMILES string of the molecule is Cc1ccccc1-c1cc(-c2ccccc2)cn[n+]1C. The number of hydrogen-bond donors (Lipinski definition) is 0. The second kappa shape index (κ2) is 5.25. The summed E-state index contributed by atoms with van der Waals surface area (Å²) in [5.74, 6) is 0. The molecule has 0 saturated carbocycles. The Morgan fingerprint density at radius 2 is 1.55 bits per heavy atom. The Labute approximate surface area is 119 Å². The van der Waals surface area contributed by atoms with E-state index in [2.05, 4.69) is 66.6 Å². The van der Waals surface area contributed by atoms with Gasteiger partial charge >= 0.3 is 0 Å². The summed E-state index contributed by atoms with van der Waals surface area (Å²) in [5.41, 5.74) is 5.94. The van der Waals surface area contributed by atoms with Gasteiger partial charge in [0.15, 0.2) is 7.05 Å². The monoisotopic (exact) mass is 261 g/mol. The third-order valence-electron chi connectivity index (χ3n) is 3.54. The highest BCUT2D eigenvalue weighted by atomic mass is 15.2. The average molecular weight is 261 g/mol. The van der Waals surface area contributed by atoms with E-state index in [9.17, 15) is 0 Å². The summed E-state index contributed by atoms with van der Waals surface area (Å²) in [7, 11) is 1.98. The molecule has 0 bridgehead atoms. The molecule has 2 nitrogen and oxygen atoms in total. The molecule has 98 valence electrons. The van der Waals surface area contributed by atoms with Gasteiger partial charge in [0.25, 0.3) is 0 Å². The fourth-order valence-corrected chi connectivity index (χ4v) is 2.39. The van der Waals surface area contributed by atoms with Crippen molar-refractivity contribution in [3.8, 4) is 22.4 Å². The molecule has 3 rings (SSSR count). The molecule has 0 atom stereocenters. The van der Waals surface area contributed by atoms with Gasteiger partial charge in [-0.05, 0) is 29.2 Å². The van der Waals surface area contributed by atoms with Crippen molar-refractivity contribution >= 4 is 0 Å². The summed E-state index contributed by atoms with van der Waals surface area (Å²) in [6.07, 6.45) is 1.91. The van der Waals surface area contributed by atoms with Gasteiger partial charge in [-0.1, -0.05) is 53.2 Å². The second-order valence-electron chi connectivity index (χ2n) is 4.93. The van der Waals surface area contributed by atoms with Crippen LogP contribution in [-0.4, -0.2) is 5.10 Å². The Balaban J connectivity index is 2.15. The molecule has 0 aliphatic heterocycles. The highest BCUT2D eigenvalue weighted by molar-refractivity contribution is 5.69. The molecule has 20 heavy (non-hydrogen) atoms. The van der Waals surface area contributed by atoms with Crippen LogP contribution in [0.15, 0.2) is 66.9 Å². The molecule has 0 radical (unpaired) electrons. The third-order valence-corrected chi connectivity index (χ3v) is 3.54. The molecule has 0 unspecified atom stereocenters. The molecule has 3 aromatic rings. The van der Waals surface area contributed by atoms with E-state index in [0.717, 1.165) is 11.3 Å². The maximum Gasteiger partial charge on any atom is 0.239 e. The van der Waals surface area contributed by atoms with Crippen LogP contribution in [0.25, 0.3) is 22.4 Å². The lowest BCUT2D eigenvalue weighted by atomic mass is 10.0. The normalized spacial score (nSPS) is 10.5. The summed E-state index contributed by atoms with van der Waals surface area (Å²) in [6.45, 7) is 2.13. The lowest BCUT2D eigenvalue weighted by Gasteiger charge is -2.05. The number of aromatic nitrogens is 2. The van der Waals surface area contributed by atoms with Crippen molar-refractivity contribution in [3.05, 3.63) is 72.4 Å². The summed E-state index contributed by atoms with van der Waals surface area (Å²) in [4.78, 5) is 0. The Hall–Kier alpha value is -2.48. The van der Waals surface area contributed by atoms with E-state index in [-0.39, 0.29) is 0 Å². The van der Waals surface area contributed by atoms with Gasteiger partial charge < -0.3 is 0 Å². The van der Waals surface area contributed by atoms with Crippen LogP contribution >= 0.6 is 0 Å². The molecule has 2 heteroatoms. The number of nitrogens with zero attached hydrogens (tertiary/aromatic N) is 2. The second-order valence-corrected chi connectivity index (χ2v) is 4.93. The van der Waals surface area contributed by atoms with Crippen molar-refractivity contribution in [2.24, 2.45) is 7.05 Å². The summed E-state index contributed by atoms with van der Waals surface area (Å²) >= 11 is 0. The van der Waals surface area contributed by atoms with Gasteiger partial charge in [-0.3, -0.25) is 0 Å². The van der Waals surface area contributed by atoms with Crippen molar-refractivity contribution in [2.45, 2.75) is 6.92 Å². The highest BCUT2D eigenvalue weighted by Gasteiger charge is 2.14. The maximum absolute atomic E-state index is 4.49. The highest BCUT2D eigenvalue weighted by Crippen LogP contribution is 2.24. The predicted molar refractivity (Wildman–Crippen MR) is 81.0 cm³/mol. The molecular formula is C18H17N2+. The third kappa shape index (κ3) is 2.32. The van der Waals surface area contributed by atoms with Crippen molar-refractivity contribution in [1.29, 1.82) is 0 Å². The number of hydrogen-bond acceptors (Lipinski definition) is 1. The van der Waals surface area contributed by atoms with Gasteiger partial charge in [-0.15, -0.1) is 0 Å². The van der Waals surface area contributed by atoms with Crippen LogP contribution in [0.1, 0.15) is 5.56 Å². The van der Waals surface area contributed by atoms with E-state index >= 15 is 0 Å². The zero-order valence-electron chi connectivity index (χ0n) is 11.7. The van der Waals surface area contributed by atoms with Crippen LogP contribution in [0.2, 0.25) is 0 Å². The first-order valence-electron chi connectivity index (χ1n) is 6.73. The van der Waals surface area contributed by atoms with E-state index in [0.29, 0.717) is 0 Å². The van der Waals surface area contributed by atoms with Gasteiger partial charge in [-0.25, -0.2) is 0 Å². The van der Waals surface area contributed by atoms with E-state index in [1.807, 2.05) is 24.0 Å². The van der Waals surface area contributed by atoms with E-state index in [1.54, 1.807) is 0 Å². The average Bonchev–Trinajstić information content (AvgIpc) is 2.49. The summed E-state index contributed by atoms with van der Waals surface area (Å²) < 4.78 is 1.93. The predicted octanol–water partition coefficient (Wildman–Crippen LogP) is 3.55. The van der Waals surface area contributed by atoms with Crippen LogP contribution in [0.4, 0.5) is 0 Å². The number of aryl methyl sites for hydroxylation is 2. The topological polar surface area (TPSA) is 16.8 Å². The maximum atomic E-state index is 4.49. The fourth-order valence-electron chi connectivity index (χ4n) is 2.39. The van der Waals surface area contributed by atoms with Crippen LogP contribution in [0.5, 0.6) is 0 Å². The molecule has 0 fully saturated rings. The molecule has 0 spiro atoms. The quantitative estimate of drug-likeness (QED) is 0.645. The smallest absolute Gasteiger partial charge is 0.0864 e. The first-order chi connectivity index (χ1) is 9.75. The van der Waals surface area contributed by atoms with Gasteiger partial charge in [0.2, 0.25) is 5.69 Å². The molecule has 0 N–H and O–H groups in total. The summed E-state index contributed by atoms with van der Waals surface area (Å²) in [6, 6.07) is 21.0. The van der Waals surface area contributed by atoms with Crippen molar-refractivity contribution in [2.75, 3.05) is 0 Å². The first kappa shape index (κ1) is 12.5. The minimum atomic E-state index is 1.13.